The van der Waals surface area contributed by atoms with Crippen LogP contribution in [0.1, 0.15) is 6.92 Å². The summed E-state index contributed by atoms with van der Waals surface area (Å²) in [5, 5.41) is 0. The van der Waals surface area contributed by atoms with E-state index in [4.69, 9.17) is 0 Å². The van der Waals surface area contributed by atoms with Crippen LogP contribution in [-0.2, 0) is 0 Å². The van der Waals surface area contributed by atoms with Gasteiger partial charge in [0.15, 0.2) is 0 Å². The van der Waals surface area contributed by atoms with Gasteiger partial charge in [-0.05, 0) is 19.8 Å². The summed E-state index contributed by atoms with van der Waals surface area (Å²) < 4.78 is 0. The maximum Gasteiger partial charge on any atom is 0.00356 e. The van der Waals surface area contributed by atoms with E-state index >= 15 is 0 Å². The molecule has 2 atom stereocenters. The van der Waals surface area contributed by atoms with Crippen LogP contribution in [0.15, 0.2) is 0 Å². The Hall–Kier alpha value is 0.390. The van der Waals surface area contributed by atoms with Crippen molar-refractivity contribution in [1.29, 1.82) is 0 Å². The number of rotatable bonds is 2. The van der Waals surface area contributed by atoms with E-state index in [1.807, 2.05) is 0 Å². The quantitative estimate of drug-likeness (QED) is 0.486. The van der Waals surface area contributed by atoms with Crippen LogP contribution in [0.2, 0.25) is 0 Å². The van der Waals surface area contributed by atoms with E-state index in [1.54, 1.807) is 0 Å². The van der Waals surface area contributed by atoms with E-state index in [-0.39, 0.29) is 0 Å². The van der Waals surface area contributed by atoms with Gasteiger partial charge in [-0.3, -0.25) is 0 Å². The van der Waals surface area contributed by atoms with Gasteiger partial charge in [0.25, 0.3) is 0 Å². The predicted octanol–water partition coefficient (Wildman–Crippen LogP) is 0.812. The normalized spacial score (nSPS) is 15.0. The second kappa shape index (κ2) is 3.40. The molecule has 1 nitrogen and oxygen atoms in total. The Balaban J connectivity index is 2.95. The summed E-state index contributed by atoms with van der Waals surface area (Å²) in [5.41, 5.74) is 0.718. The lowest BCUT2D eigenvalue weighted by atomic mass is 10.4. The first-order valence-corrected chi connectivity index (χ1v) is 3.20. The largest absolute Gasteiger partial charge is 0.309 e. The van der Waals surface area contributed by atoms with Gasteiger partial charge in [-0.1, -0.05) is 6.92 Å². The summed E-state index contributed by atoms with van der Waals surface area (Å²) in [6.45, 7) is 3.34. The third-order valence-electron chi connectivity index (χ3n) is 0.653. The fourth-order valence-electron chi connectivity index (χ4n) is 0.576. The van der Waals surface area contributed by atoms with Crippen LogP contribution in [-0.4, -0.2) is 31.2 Å². The standard InChI is InChI=1S/C5H14NP/c1-5(7)4-6(2)3/h5H,4,7H2,1-3H3. The molecule has 2 unspecified atom stereocenters. The summed E-state index contributed by atoms with van der Waals surface area (Å²) in [6, 6.07) is 0. The molecule has 0 aliphatic heterocycles. The lowest BCUT2D eigenvalue weighted by Crippen LogP contribution is -2.18. The van der Waals surface area contributed by atoms with E-state index in [0.29, 0.717) is 0 Å². The summed E-state index contributed by atoms with van der Waals surface area (Å²) in [6.07, 6.45) is 0. The van der Waals surface area contributed by atoms with E-state index in [9.17, 15) is 0 Å². The molecule has 0 amide bonds. The fraction of sp³-hybridized carbons (Fsp3) is 1.00. The molecular weight excluding hydrogens is 105 g/mol. The number of nitrogens with zero attached hydrogens (tertiary/aromatic N) is 1. The van der Waals surface area contributed by atoms with Gasteiger partial charge in [0.1, 0.15) is 0 Å². The lowest BCUT2D eigenvalue weighted by molar-refractivity contribution is 0.413. The maximum absolute atomic E-state index is 2.76. The molecule has 0 radical (unpaired) electrons. The summed E-state index contributed by atoms with van der Waals surface area (Å²) in [4.78, 5) is 2.18. The third kappa shape index (κ3) is 6.39. The zero-order valence-corrected chi connectivity index (χ0v) is 6.46. The van der Waals surface area contributed by atoms with Crippen molar-refractivity contribution in [3.8, 4) is 0 Å². The molecule has 7 heavy (non-hydrogen) atoms. The molecule has 0 aliphatic carbocycles. The molecule has 0 aliphatic rings. The minimum Gasteiger partial charge on any atom is -0.309 e. The second-order valence-corrected chi connectivity index (χ2v) is 3.38. The van der Waals surface area contributed by atoms with Crippen LogP contribution in [0.3, 0.4) is 0 Å². The van der Waals surface area contributed by atoms with Crippen molar-refractivity contribution in [2.45, 2.75) is 12.6 Å². The van der Waals surface area contributed by atoms with Crippen LogP contribution in [0.25, 0.3) is 0 Å². The van der Waals surface area contributed by atoms with Gasteiger partial charge in [-0.2, -0.15) is 0 Å². The van der Waals surface area contributed by atoms with Gasteiger partial charge in [-0.25, -0.2) is 0 Å². The van der Waals surface area contributed by atoms with Gasteiger partial charge in [-0.15, -0.1) is 9.24 Å². The van der Waals surface area contributed by atoms with E-state index < -0.39 is 0 Å². The molecule has 0 spiro atoms. The van der Waals surface area contributed by atoms with Crippen LogP contribution in [0.4, 0.5) is 0 Å². The summed E-state index contributed by atoms with van der Waals surface area (Å²) >= 11 is 0. The maximum atomic E-state index is 2.76. The molecule has 0 aromatic carbocycles. The molecule has 0 bridgehead atoms. The van der Waals surface area contributed by atoms with Crippen LogP contribution < -0.4 is 0 Å². The van der Waals surface area contributed by atoms with Crippen molar-refractivity contribution >= 4 is 9.24 Å². The second-order valence-electron chi connectivity index (χ2n) is 2.24. The molecule has 0 saturated heterocycles. The molecule has 0 fully saturated rings. The van der Waals surface area contributed by atoms with Crippen LogP contribution in [0.5, 0.6) is 0 Å². The van der Waals surface area contributed by atoms with E-state index in [2.05, 4.69) is 35.2 Å². The number of hydrogen-bond donors (Lipinski definition) is 0. The Morgan fingerprint density at radius 3 is 2.00 bits per heavy atom. The predicted molar refractivity (Wildman–Crippen MR) is 37.7 cm³/mol. The minimum atomic E-state index is 0.718. The molecule has 0 rings (SSSR count). The third-order valence-corrected chi connectivity index (χ3v) is 0.864. The Kier molecular flexibility index (Phi) is 3.59. The lowest BCUT2D eigenvalue weighted by Gasteiger charge is -2.10. The first-order chi connectivity index (χ1) is 3.13. The highest BCUT2D eigenvalue weighted by molar-refractivity contribution is 7.17. The molecule has 0 saturated carbocycles. The topological polar surface area (TPSA) is 3.24 Å². The highest BCUT2D eigenvalue weighted by atomic mass is 31.0. The summed E-state index contributed by atoms with van der Waals surface area (Å²) in [7, 11) is 6.93. The van der Waals surface area contributed by atoms with Crippen molar-refractivity contribution in [3.05, 3.63) is 0 Å². The van der Waals surface area contributed by atoms with Gasteiger partial charge < -0.3 is 4.90 Å². The Morgan fingerprint density at radius 2 is 2.00 bits per heavy atom. The van der Waals surface area contributed by atoms with Gasteiger partial charge in [0, 0.05) is 6.54 Å². The first-order valence-electron chi connectivity index (χ1n) is 2.53. The average Bonchev–Trinajstić information content (AvgIpc) is 1.27. The first kappa shape index (κ1) is 7.39. The molecule has 44 valence electrons. The van der Waals surface area contributed by atoms with Gasteiger partial charge in [0.2, 0.25) is 0 Å². The highest BCUT2D eigenvalue weighted by Gasteiger charge is 1.92. The zero-order valence-electron chi connectivity index (χ0n) is 5.31. The van der Waals surface area contributed by atoms with Crippen molar-refractivity contribution in [1.82, 2.24) is 4.90 Å². The fourth-order valence-corrected chi connectivity index (χ4v) is 0.998. The van der Waals surface area contributed by atoms with Crippen molar-refractivity contribution < 1.29 is 0 Å². The molecule has 0 heterocycles. The molecule has 0 aromatic rings. The van der Waals surface area contributed by atoms with Gasteiger partial charge >= 0.3 is 0 Å². The molecule has 2 heteroatoms. The monoisotopic (exact) mass is 119 g/mol. The SMILES string of the molecule is CC(P)CN(C)C. The van der Waals surface area contributed by atoms with Crippen molar-refractivity contribution in [2.75, 3.05) is 20.6 Å². The Labute approximate surface area is 48.3 Å². The molecule has 0 aromatic heterocycles. The zero-order chi connectivity index (χ0) is 5.86. The Bertz CT molecular complexity index is 37.3. The van der Waals surface area contributed by atoms with E-state index in [1.165, 1.54) is 0 Å². The van der Waals surface area contributed by atoms with Gasteiger partial charge in [0.05, 0.1) is 0 Å². The summed E-state index contributed by atoms with van der Waals surface area (Å²) in [5.74, 6) is 0. The highest BCUT2D eigenvalue weighted by Crippen LogP contribution is 1.96. The minimum absolute atomic E-state index is 0.718. The Morgan fingerprint density at radius 1 is 1.57 bits per heavy atom. The van der Waals surface area contributed by atoms with Crippen LogP contribution >= 0.6 is 9.24 Å². The molecule has 0 N–H and O–H groups in total. The smallest absolute Gasteiger partial charge is 0.00356 e. The number of hydrogen-bond acceptors (Lipinski definition) is 1. The van der Waals surface area contributed by atoms with E-state index in [0.717, 1.165) is 12.2 Å². The van der Waals surface area contributed by atoms with Crippen LogP contribution in [0, 0.1) is 0 Å². The average molecular weight is 119 g/mol. The van der Waals surface area contributed by atoms with Crippen molar-refractivity contribution in [2.24, 2.45) is 0 Å². The molecular formula is C5H14NP. The van der Waals surface area contributed by atoms with Crippen molar-refractivity contribution in [3.63, 3.8) is 0 Å².